The van der Waals surface area contributed by atoms with Crippen LogP contribution in [0.5, 0.6) is 0 Å². The van der Waals surface area contributed by atoms with Crippen molar-refractivity contribution in [2.75, 3.05) is 0 Å². The third-order valence-electron chi connectivity index (χ3n) is 4.92. The van der Waals surface area contributed by atoms with Crippen LogP contribution in [0, 0.1) is 0 Å². The summed E-state index contributed by atoms with van der Waals surface area (Å²) < 4.78 is 0. The number of amides is 2. The van der Waals surface area contributed by atoms with Crippen LogP contribution in [-0.2, 0) is 6.42 Å². The summed E-state index contributed by atoms with van der Waals surface area (Å²) in [6.07, 6.45) is 0.00638. The molecule has 24 heavy (non-hydrogen) atoms. The number of aliphatic hydroxyl groups is 1. The summed E-state index contributed by atoms with van der Waals surface area (Å²) >= 11 is 0. The van der Waals surface area contributed by atoms with E-state index in [1.54, 1.807) is 0 Å². The molecule has 0 bridgehead atoms. The lowest BCUT2D eigenvalue weighted by atomic mass is 9.94. The summed E-state index contributed by atoms with van der Waals surface area (Å²) in [4.78, 5) is 12.4. The molecular formula is C20H24N2O2. The van der Waals surface area contributed by atoms with Gasteiger partial charge in [0.05, 0.1) is 12.1 Å². The Balaban J connectivity index is 1.62. The van der Waals surface area contributed by atoms with Gasteiger partial charge in [-0.2, -0.15) is 0 Å². The molecule has 126 valence electrons. The maximum Gasteiger partial charge on any atom is 0.315 e. The SMILES string of the molecule is CC(NC(=O)NC1c2ccccc2CC1O)C(C)c1ccccc1. The van der Waals surface area contributed by atoms with Crippen LogP contribution in [0.25, 0.3) is 0 Å². The van der Waals surface area contributed by atoms with Crippen LogP contribution < -0.4 is 10.6 Å². The molecule has 3 rings (SSSR count). The Morgan fingerprint density at radius 1 is 1.08 bits per heavy atom. The van der Waals surface area contributed by atoms with E-state index >= 15 is 0 Å². The molecule has 0 saturated carbocycles. The number of hydrogen-bond acceptors (Lipinski definition) is 2. The predicted octanol–water partition coefficient (Wildman–Crippen LogP) is 3.14. The standard InChI is InChI=1S/C20H24N2O2/c1-13(15-8-4-3-5-9-15)14(2)21-20(24)22-19-17-11-7-6-10-16(17)12-18(19)23/h3-11,13-14,18-19,23H,12H2,1-2H3,(H2,21,22,24). The Hall–Kier alpha value is -2.33. The molecule has 2 amide bonds. The average molecular weight is 324 g/mol. The minimum atomic E-state index is -0.574. The fraction of sp³-hybridized carbons (Fsp3) is 0.350. The fourth-order valence-electron chi connectivity index (χ4n) is 3.31. The minimum Gasteiger partial charge on any atom is -0.390 e. The van der Waals surface area contributed by atoms with Crippen molar-refractivity contribution in [1.29, 1.82) is 0 Å². The second-order valence-electron chi connectivity index (χ2n) is 6.55. The van der Waals surface area contributed by atoms with Gasteiger partial charge in [0, 0.05) is 18.4 Å². The summed E-state index contributed by atoms with van der Waals surface area (Å²) in [6, 6.07) is 17.4. The van der Waals surface area contributed by atoms with E-state index in [4.69, 9.17) is 0 Å². The lowest BCUT2D eigenvalue weighted by Crippen LogP contribution is -2.45. The van der Waals surface area contributed by atoms with Crippen LogP contribution in [0.3, 0.4) is 0 Å². The quantitative estimate of drug-likeness (QED) is 0.809. The van der Waals surface area contributed by atoms with E-state index in [1.165, 1.54) is 5.56 Å². The van der Waals surface area contributed by atoms with Gasteiger partial charge in [-0.15, -0.1) is 0 Å². The van der Waals surface area contributed by atoms with Crippen LogP contribution in [-0.4, -0.2) is 23.3 Å². The molecule has 1 aliphatic rings. The molecule has 0 aliphatic heterocycles. The second-order valence-corrected chi connectivity index (χ2v) is 6.55. The predicted molar refractivity (Wildman–Crippen MR) is 94.9 cm³/mol. The zero-order valence-electron chi connectivity index (χ0n) is 14.1. The average Bonchev–Trinajstić information content (AvgIpc) is 2.90. The van der Waals surface area contributed by atoms with Gasteiger partial charge < -0.3 is 15.7 Å². The first-order valence-electron chi connectivity index (χ1n) is 8.44. The smallest absolute Gasteiger partial charge is 0.315 e. The number of rotatable bonds is 4. The van der Waals surface area contributed by atoms with E-state index in [9.17, 15) is 9.90 Å². The van der Waals surface area contributed by atoms with Crippen molar-refractivity contribution in [1.82, 2.24) is 10.6 Å². The molecule has 2 aromatic rings. The highest BCUT2D eigenvalue weighted by atomic mass is 16.3. The molecule has 4 atom stereocenters. The molecule has 4 heteroatoms. The van der Waals surface area contributed by atoms with Crippen molar-refractivity contribution < 1.29 is 9.90 Å². The molecule has 0 saturated heterocycles. The van der Waals surface area contributed by atoms with E-state index < -0.39 is 6.10 Å². The van der Waals surface area contributed by atoms with Gasteiger partial charge in [0.15, 0.2) is 0 Å². The zero-order chi connectivity index (χ0) is 17.1. The molecule has 4 nitrogen and oxygen atoms in total. The van der Waals surface area contributed by atoms with E-state index in [2.05, 4.69) is 29.7 Å². The van der Waals surface area contributed by atoms with Gasteiger partial charge in [-0.3, -0.25) is 0 Å². The van der Waals surface area contributed by atoms with Gasteiger partial charge in [0.1, 0.15) is 0 Å². The minimum absolute atomic E-state index is 0.0128. The van der Waals surface area contributed by atoms with Crippen molar-refractivity contribution in [3.05, 3.63) is 71.3 Å². The first kappa shape index (κ1) is 16.5. The van der Waals surface area contributed by atoms with E-state index in [0.29, 0.717) is 6.42 Å². The van der Waals surface area contributed by atoms with Crippen molar-refractivity contribution >= 4 is 6.03 Å². The normalized spacial score (nSPS) is 21.6. The van der Waals surface area contributed by atoms with Gasteiger partial charge in [0.2, 0.25) is 0 Å². The number of nitrogens with one attached hydrogen (secondary N) is 2. The maximum absolute atomic E-state index is 12.4. The van der Waals surface area contributed by atoms with Gasteiger partial charge in [-0.25, -0.2) is 4.79 Å². The van der Waals surface area contributed by atoms with Gasteiger partial charge >= 0.3 is 6.03 Å². The van der Waals surface area contributed by atoms with Crippen LogP contribution in [0.15, 0.2) is 54.6 Å². The molecule has 0 heterocycles. The van der Waals surface area contributed by atoms with Gasteiger partial charge in [0.25, 0.3) is 0 Å². The highest BCUT2D eigenvalue weighted by Gasteiger charge is 2.32. The second kappa shape index (κ2) is 7.05. The van der Waals surface area contributed by atoms with Crippen molar-refractivity contribution in [3.63, 3.8) is 0 Å². The van der Waals surface area contributed by atoms with Crippen LogP contribution in [0.2, 0.25) is 0 Å². The van der Waals surface area contributed by atoms with Crippen molar-refractivity contribution in [2.45, 2.75) is 44.4 Å². The third-order valence-corrected chi connectivity index (χ3v) is 4.92. The number of fused-ring (bicyclic) bond motifs is 1. The van der Waals surface area contributed by atoms with Crippen molar-refractivity contribution in [2.24, 2.45) is 0 Å². The largest absolute Gasteiger partial charge is 0.390 e. The molecule has 0 aromatic heterocycles. The topological polar surface area (TPSA) is 61.4 Å². The Morgan fingerprint density at radius 3 is 2.50 bits per heavy atom. The Morgan fingerprint density at radius 2 is 1.75 bits per heavy atom. The number of carbonyl (C=O) groups is 1. The number of aliphatic hydroxyl groups excluding tert-OH is 1. The lowest BCUT2D eigenvalue weighted by Gasteiger charge is -2.24. The molecule has 2 aromatic carbocycles. The zero-order valence-corrected chi connectivity index (χ0v) is 14.1. The number of benzene rings is 2. The first-order chi connectivity index (χ1) is 11.6. The Labute approximate surface area is 142 Å². The number of hydrogen-bond donors (Lipinski definition) is 3. The molecule has 3 N–H and O–H groups in total. The Bertz CT molecular complexity index is 702. The highest BCUT2D eigenvalue weighted by Crippen LogP contribution is 2.31. The fourth-order valence-corrected chi connectivity index (χ4v) is 3.31. The lowest BCUT2D eigenvalue weighted by molar-refractivity contribution is 0.141. The third kappa shape index (κ3) is 3.44. The molecule has 0 fully saturated rings. The monoisotopic (exact) mass is 324 g/mol. The summed E-state index contributed by atoms with van der Waals surface area (Å²) in [6.45, 7) is 4.09. The molecule has 0 radical (unpaired) electrons. The molecule has 1 aliphatic carbocycles. The first-order valence-corrected chi connectivity index (χ1v) is 8.44. The molecular weight excluding hydrogens is 300 g/mol. The summed E-state index contributed by atoms with van der Waals surface area (Å²) in [7, 11) is 0. The maximum atomic E-state index is 12.4. The van der Waals surface area contributed by atoms with Crippen molar-refractivity contribution in [3.8, 4) is 0 Å². The van der Waals surface area contributed by atoms with Crippen LogP contribution >= 0.6 is 0 Å². The summed E-state index contributed by atoms with van der Waals surface area (Å²) in [5, 5.41) is 16.2. The van der Waals surface area contributed by atoms with Gasteiger partial charge in [-0.05, 0) is 23.6 Å². The van der Waals surface area contributed by atoms with Crippen LogP contribution in [0.1, 0.15) is 42.5 Å². The van der Waals surface area contributed by atoms with E-state index in [-0.39, 0.29) is 24.0 Å². The number of urea groups is 1. The van der Waals surface area contributed by atoms with Crippen LogP contribution in [0.4, 0.5) is 4.79 Å². The van der Waals surface area contributed by atoms with Gasteiger partial charge in [-0.1, -0.05) is 61.5 Å². The number of carbonyl (C=O) groups excluding carboxylic acids is 1. The Kier molecular flexibility index (Phi) is 4.86. The summed E-state index contributed by atoms with van der Waals surface area (Å²) in [5.41, 5.74) is 3.29. The molecule has 4 unspecified atom stereocenters. The summed E-state index contributed by atoms with van der Waals surface area (Å²) in [5.74, 6) is 0.206. The van der Waals surface area contributed by atoms with E-state index in [1.807, 2.05) is 49.4 Å². The van der Waals surface area contributed by atoms with E-state index in [0.717, 1.165) is 11.1 Å². The molecule has 0 spiro atoms. The highest BCUT2D eigenvalue weighted by molar-refractivity contribution is 5.75.